The number of anilines is 1. The minimum atomic E-state index is -1.63. The largest absolute Gasteiger partial charge is 0.414 e. The molecule has 2 rings (SSSR count). The third-order valence-corrected chi connectivity index (χ3v) is 9.70. The van der Waals surface area contributed by atoms with E-state index in [9.17, 15) is 0 Å². The lowest BCUT2D eigenvalue weighted by Crippen LogP contribution is -2.44. The molecule has 1 saturated carbocycles. The van der Waals surface area contributed by atoms with Gasteiger partial charge in [-0.15, -0.1) is 0 Å². The Balaban J connectivity index is 1.90. The first-order valence-corrected chi connectivity index (χ1v) is 11.0. The molecule has 1 aromatic heterocycles. The van der Waals surface area contributed by atoms with E-state index in [2.05, 4.69) is 44.9 Å². The van der Waals surface area contributed by atoms with E-state index in [1.165, 1.54) is 18.5 Å². The number of rotatable bonds is 3. The van der Waals surface area contributed by atoms with Gasteiger partial charge in [-0.05, 0) is 55.9 Å². The van der Waals surface area contributed by atoms with E-state index in [0.29, 0.717) is 17.1 Å². The van der Waals surface area contributed by atoms with Crippen molar-refractivity contribution in [3.8, 4) is 0 Å². The molecular weight excluding hydrogens is 276 g/mol. The van der Waals surface area contributed by atoms with Crippen molar-refractivity contribution in [3.63, 3.8) is 0 Å². The lowest BCUT2D eigenvalue weighted by Gasteiger charge is -2.41. The molecule has 0 aromatic carbocycles. The smallest absolute Gasteiger partial charge is 0.192 e. The molecule has 1 aliphatic carbocycles. The Hall–Kier alpha value is -0.873. The molecule has 4 heteroatoms. The lowest BCUT2D eigenvalue weighted by atomic mass is 9.85. The third kappa shape index (κ3) is 4.07. The van der Waals surface area contributed by atoms with Crippen molar-refractivity contribution in [2.45, 2.75) is 76.6 Å². The molecular formula is C17H30N2OSi. The minimum Gasteiger partial charge on any atom is -0.414 e. The summed E-state index contributed by atoms with van der Waals surface area (Å²) in [7, 11) is -1.63. The molecule has 1 heterocycles. The second-order valence-corrected chi connectivity index (χ2v) is 12.6. The van der Waals surface area contributed by atoms with Crippen LogP contribution in [0.1, 0.15) is 58.1 Å². The van der Waals surface area contributed by atoms with Crippen molar-refractivity contribution in [3.05, 3.63) is 24.0 Å². The number of nitrogen functional groups attached to an aromatic ring is 1. The van der Waals surface area contributed by atoms with Gasteiger partial charge in [0.25, 0.3) is 0 Å². The summed E-state index contributed by atoms with van der Waals surface area (Å²) in [5.41, 5.74) is 7.64. The van der Waals surface area contributed by atoms with Crippen LogP contribution < -0.4 is 5.73 Å². The highest BCUT2D eigenvalue weighted by Gasteiger charge is 2.39. The maximum atomic E-state index is 6.55. The van der Waals surface area contributed by atoms with Crippen molar-refractivity contribution in [2.75, 3.05) is 5.73 Å². The van der Waals surface area contributed by atoms with Crippen LogP contribution in [0.25, 0.3) is 0 Å². The van der Waals surface area contributed by atoms with Crippen molar-refractivity contribution in [1.29, 1.82) is 0 Å². The fourth-order valence-corrected chi connectivity index (χ4v) is 4.15. The number of hydrogen-bond donors (Lipinski definition) is 1. The highest BCUT2D eigenvalue weighted by molar-refractivity contribution is 6.74. The maximum Gasteiger partial charge on any atom is 0.192 e. The highest BCUT2D eigenvalue weighted by Crippen LogP contribution is 2.40. The van der Waals surface area contributed by atoms with Gasteiger partial charge in [0.15, 0.2) is 8.32 Å². The number of nitrogens with two attached hydrogens (primary N) is 1. The molecule has 0 amide bonds. The van der Waals surface area contributed by atoms with Gasteiger partial charge in [-0.1, -0.05) is 20.8 Å². The Morgan fingerprint density at radius 3 is 2.24 bits per heavy atom. The van der Waals surface area contributed by atoms with E-state index >= 15 is 0 Å². The van der Waals surface area contributed by atoms with Gasteiger partial charge in [0.05, 0.1) is 11.9 Å². The highest BCUT2D eigenvalue weighted by atomic mass is 28.4. The van der Waals surface area contributed by atoms with E-state index in [4.69, 9.17) is 10.2 Å². The topological polar surface area (TPSA) is 48.1 Å². The predicted molar refractivity (Wildman–Crippen MR) is 91.9 cm³/mol. The van der Waals surface area contributed by atoms with Crippen LogP contribution in [-0.4, -0.2) is 19.4 Å². The SMILES string of the molecule is CC(C)(C)[Si](C)(C)OC1CCC(c2ccc(N)cn2)CC1. The number of nitrogens with zero attached hydrogens (tertiary/aromatic N) is 1. The van der Waals surface area contributed by atoms with Gasteiger partial charge in [-0.3, -0.25) is 4.98 Å². The Morgan fingerprint density at radius 1 is 1.14 bits per heavy atom. The van der Waals surface area contributed by atoms with E-state index in [-0.39, 0.29) is 0 Å². The minimum absolute atomic E-state index is 0.294. The Bertz CT molecular complexity index is 457. The fourth-order valence-electron chi connectivity index (χ4n) is 2.73. The van der Waals surface area contributed by atoms with Crippen LogP contribution in [0.4, 0.5) is 5.69 Å². The first kappa shape index (κ1) is 16.5. The van der Waals surface area contributed by atoms with Crippen LogP contribution >= 0.6 is 0 Å². The summed E-state index contributed by atoms with van der Waals surface area (Å²) >= 11 is 0. The summed E-state index contributed by atoms with van der Waals surface area (Å²) in [6.07, 6.45) is 6.88. The predicted octanol–water partition coefficient (Wildman–Crippen LogP) is 4.71. The number of hydrogen-bond acceptors (Lipinski definition) is 3. The van der Waals surface area contributed by atoms with Crippen molar-refractivity contribution >= 4 is 14.0 Å². The summed E-state index contributed by atoms with van der Waals surface area (Å²) in [6.45, 7) is 11.6. The number of pyridine rings is 1. The summed E-state index contributed by atoms with van der Waals surface area (Å²) in [5.74, 6) is 0.574. The van der Waals surface area contributed by atoms with Crippen molar-refractivity contribution in [1.82, 2.24) is 4.98 Å². The molecule has 0 bridgehead atoms. The zero-order valence-corrected chi connectivity index (χ0v) is 15.1. The van der Waals surface area contributed by atoms with Crippen molar-refractivity contribution < 1.29 is 4.43 Å². The molecule has 0 unspecified atom stereocenters. The first-order chi connectivity index (χ1) is 9.69. The van der Waals surface area contributed by atoms with Gasteiger partial charge >= 0.3 is 0 Å². The fraction of sp³-hybridized carbons (Fsp3) is 0.706. The van der Waals surface area contributed by atoms with Crippen LogP contribution in [0.2, 0.25) is 18.1 Å². The number of aromatic nitrogens is 1. The lowest BCUT2D eigenvalue weighted by molar-refractivity contribution is 0.129. The zero-order valence-electron chi connectivity index (χ0n) is 14.1. The molecule has 0 aliphatic heterocycles. The molecule has 118 valence electrons. The second-order valence-electron chi connectivity index (χ2n) is 7.87. The van der Waals surface area contributed by atoms with Gasteiger partial charge in [-0.2, -0.15) is 0 Å². The molecule has 1 aliphatic rings. The average Bonchev–Trinajstić information content (AvgIpc) is 2.39. The average molecular weight is 307 g/mol. The molecule has 21 heavy (non-hydrogen) atoms. The zero-order chi connectivity index (χ0) is 15.7. The molecule has 0 atom stereocenters. The van der Waals surface area contributed by atoms with Crippen LogP contribution in [0.15, 0.2) is 18.3 Å². The Kier molecular flexibility index (Phi) is 4.78. The van der Waals surface area contributed by atoms with Gasteiger partial charge < -0.3 is 10.2 Å². The van der Waals surface area contributed by atoms with E-state index in [1.54, 1.807) is 6.20 Å². The molecule has 1 aromatic rings. The Morgan fingerprint density at radius 2 is 1.76 bits per heavy atom. The van der Waals surface area contributed by atoms with Gasteiger partial charge in [0.2, 0.25) is 0 Å². The van der Waals surface area contributed by atoms with Crippen LogP contribution in [0, 0.1) is 0 Å². The van der Waals surface area contributed by atoms with Crippen LogP contribution in [-0.2, 0) is 4.43 Å². The summed E-state index contributed by atoms with van der Waals surface area (Å²) in [4.78, 5) is 4.48. The molecule has 0 radical (unpaired) electrons. The van der Waals surface area contributed by atoms with Crippen LogP contribution in [0.5, 0.6) is 0 Å². The van der Waals surface area contributed by atoms with E-state index in [0.717, 1.165) is 18.5 Å². The molecule has 3 nitrogen and oxygen atoms in total. The quantitative estimate of drug-likeness (QED) is 0.823. The van der Waals surface area contributed by atoms with Gasteiger partial charge in [0.1, 0.15) is 0 Å². The molecule has 2 N–H and O–H groups in total. The summed E-state index contributed by atoms with van der Waals surface area (Å²) < 4.78 is 6.55. The first-order valence-electron chi connectivity index (χ1n) is 8.08. The van der Waals surface area contributed by atoms with Gasteiger partial charge in [0, 0.05) is 17.7 Å². The molecule has 0 spiro atoms. The second kappa shape index (κ2) is 6.09. The third-order valence-electron chi connectivity index (χ3n) is 5.17. The van der Waals surface area contributed by atoms with E-state index < -0.39 is 8.32 Å². The monoisotopic (exact) mass is 306 g/mol. The molecule has 0 saturated heterocycles. The van der Waals surface area contributed by atoms with Crippen LogP contribution in [0.3, 0.4) is 0 Å². The summed E-state index contributed by atoms with van der Waals surface area (Å²) in [6, 6.07) is 4.04. The molecule has 1 fully saturated rings. The van der Waals surface area contributed by atoms with Crippen molar-refractivity contribution in [2.24, 2.45) is 0 Å². The standard InChI is InChI=1S/C17H30N2OSi/c1-17(2,3)21(4,5)20-15-9-6-13(7-10-15)16-11-8-14(18)12-19-16/h8,11-13,15H,6-7,9-10,18H2,1-5H3. The van der Waals surface area contributed by atoms with E-state index in [1.807, 2.05) is 6.07 Å². The normalized spacial score (nSPS) is 24.0. The van der Waals surface area contributed by atoms with Gasteiger partial charge in [-0.25, -0.2) is 0 Å². The Labute approximate surface area is 130 Å². The maximum absolute atomic E-state index is 6.55. The summed E-state index contributed by atoms with van der Waals surface area (Å²) in [5, 5.41) is 0.294.